The van der Waals surface area contributed by atoms with Gasteiger partial charge < -0.3 is 15.0 Å². The molecule has 1 atom stereocenters. The summed E-state index contributed by atoms with van der Waals surface area (Å²) in [6, 6.07) is 10.6. The zero-order chi connectivity index (χ0) is 16.9. The average Bonchev–Trinajstić information content (AvgIpc) is 3.31. The first kappa shape index (κ1) is 16.3. The summed E-state index contributed by atoms with van der Waals surface area (Å²) >= 11 is 1.38. The molecule has 0 fully saturated rings. The molecule has 0 aliphatic carbocycles. The summed E-state index contributed by atoms with van der Waals surface area (Å²) in [6.45, 7) is 0.867. The summed E-state index contributed by atoms with van der Waals surface area (Å²) in [6.07, 6.45) is 3.62. The van der Waals surface area contributed by atoms with Gasteiger partial charge in [-0.15, -0.1) is 11.3 Å². The number of carbonyl (C=O) groups excluding carboxylic acids is 2. The lowest BCUT2D eigenvalue weighted by atomic mass is 10.2. The molecule has 1 aromatic heterocycles. The normalized spacial score (nSPS) is 16.2. The Kier molecular flexibility index (Phi) is 4.96. The molecular weight excluding hydrogens is 324 g/mol. The van der Waals surface area contributed by atoms with E-state index in [0.717, 1.165) is 11.3 Å². The van der Waals surface area contributed by atoms with E-state index in [4.69, 9.17) is 4.74 Å². The molecule has 2 amide bonds. The van der Waals surface area contributed by atoms with E-state index in [0.29, 0.717) is 18.0 Å². The second-order valence-electron chi connectivity index (χ2n) is 5.37. The number of rotatable bonds is 5. The summed E-state index contributed by atoms with van der Waals surface area (Å²) in [5.41, 5.74) is 0.974. The number of thiophene rings is 1. The molecule has 1 aromatic carbocycles. The molecule has 0 spiro atoms. The number of ether oxygens (including phenoxy) is 1. The molecule has 3 rings (SSSR count). The SMILES string of the molecule is COc1ccc(CNC(=O)[C@@H]2C=CCN2C(=O)c2cccs2)cc1. The monoisotopic (exact) mass is 342 g/mol. The van der Waals surface area contributed by atoms with E-state index in [1.807, 2.05) is 41.8 Å². The predicted octanol–water partition coefficient (Wildman–Crippen LogP) is 2.45. The zero-order valence-corrected chi connectivity index (χ0v) is 14.1. The lowest BCUT2D eigenvalue weighted by molar-refractivity contribution is -0.123. The van der Waals surface area contributed by atoms with Gasteiger partial charge in [-0.25, -0.2) is 0 Å². The fourth-order valence-electron chi connectivity index (χ4n) is 2.54. The van der Waals surface area contributed by atoms with Gasteiger partial charge in [-0.05, 0) is 29.1 Å². The van der Waals surface area contributed by atoms with Crippen LogP contribution in [0.15, 0.2) is 53.9 Å². The highest BCUT2D eigenvalue weighted by molar-refractivity contribution is 7.12. The van der Waals surface area contributed by atoms with Gasteiger partial charge in [0.1, 0.15) is 11.8 Å². The molecule has 0 bridgehead atoms. The minimum atomic E-state index is -0.558. The number of hydrogen-bond donors (Lipinski definition) is 1. The van der Waals surface area contributed by atoms with Crippen LogP contribution in [0.2, 0.25) is 0 Å². The largest absolute Gasteiger partial charge is 0.497 e. The molecule has 0 unspecified atom stereocenters. The molecule has 1 aliphatic heterocycles. The van der Waals surface area contributed by atoms with Crippen molar-refractivity contribution in [2.75, 3.05) is 13.7 Å². The lowest BCUT2D eigenvalue weighted by Crippen LogP contribution is -2.45. The number of nitrogens with one attached hydrogen (secondary N) is 1. The highest BCUT2D eigenvalue weighted by atomic mass is 32.1. The van der Waals surface area contributed by atoms with Gasteiger partial charge >= 0.3 is 0 Å². The molecule has 1 aliphatic rings. The first-order chi connectivity index (χ1) is 11.7. The highest BCUT2D eigenvalue weighted by Gasteiger charge is 2.31. The molecule has 0 radical (unpaired) electrons. The smallest absolute Gasteiger partial charge is 0.265 e. The van der Waals surface area contributed by atoms with E-state index in [1.165, 1.54) is 11.3 Å². The van der Waals surface area contributed by atoms with Crippen LogP contribution in [-0.2, 0) is 11.3 Å². The van der Waals surface area contributed by atoms with E-state index in [9.17, 15) is 9.59 Å². The Balaban J connectivity index is 1.61. The van der Waals surface area contributed by atoms with Gasteiger partial charge in [0, 0.05) is 13.1 Å². The van der Waals surface area contributed by atoms with Crippen LogP contribution in [0.25, 0.3) is 0 Å². The number of hydrogen-bond acceptors (Lipinski definition) is 4. The average molecular weight is 342 g/mol. The third kappa shape index (κ3) is 3.49. The van der Waals surface area contributed by atoms with Crippen molar-refractivity contribution in [2.24, 2.45) is 0 Å². The van der Waals surface area contributed by atoms with Crippen LogP contribution in [-0.4, -0.2) is 36.4 Å². The Morgan fingerprint density at radius 3 is 2.75 bits per heavy atom. The number of amides is 2. The number of nitrogens with zero attached hydrogens (tertiary/aromatic N) is 1. The molecule has 1 N–H and O–H groups in total. The lowest BCUT2D eigenvalue weighted by Gasteiger charge is -2.23. The van der Waals surface area contributed by atoms with Gasteiger partial charge in [0.15, 0.2) is 0 Å². The Bertz CT molecular complexity index is 738. The number of benzene rings is 1. The second-order valence-corrected chi connectivity index (χ2v) is 6.32. The Hall–Kier alpha value is -2.60. The molecular formula is C18H18N2O3S. The fourth-order valence-corrected chi connectivity index (χ4v) is 3.22. The first-order valence-corrected chi connectivity index (χ1v) is 8.49. The standard InChI is InChI=1S/C18H18N2O3S/c1-23-14-8-6-13(7-9-14)12-19-17(21)15-4-2-10-20(15)18(22)16-5-3-11-24-16/h2-9,11,15H,10,12H2,1H3,(H,19,21)/t15-/m0/s1. The maximum atomic E-state index is 12.5. The molecule has 5 nitrogen and oxygen atoms in total. The summed E-state index contributed by atoms with van der Waals surface area (Å²) in [7, 11) is 1.61. The minimum absolute atomic E-state index is 0.111. The van der Waals surface area contributed by atoms with Gasteiger partial charge in [0.25, 0.3) is 5.91 Å². The molecule has 124 valence electrons. The van der Waals surface area contributed by atoms with Crippen molar-refractivity contribution >= 4 is 23.2 Å². The van der Waals surface area contributed by atoms with E-state index >= 15 is 0 Å². The third-order valence-corrected chi connectivity index (χ3v) is 4.70. The van der Waals surface area contributed by atoms with Crippen LogP contribution in [0, 0.1) is 0 Å². The molecule has 24 heavy (non-hydrogen) atoms. The fraction of sp³-hybridized carbons (Fsp3) is 0.222. The predicted molar refractivity (Wildman–Crippen MR) is 93.1 cm³/mol. The van der Waals surface area contributed by atoms with E-state index < -0.39 is 6.04 Å². The van der Waals surface area contributed by atoms with Gasteiger partial charge in [-0.3, -0.25) is 9.59 Å². The van der Waals surface area contributed by atoms with Gasteiger partial charge in [0.2, 0.25) is 5.91 Å². The van der Waals surface area contributed by atoms with Gasteiger partial charge in [0.05, 0.1) is 12.0 Å². The van der Waals surface area contributed by atoms with E-state index in [2.05, 4.69) is 5.32 Å². The first-order valence-electron chi connectivity index (χ1n) is 7.61. The topological polar surface area (TPSA) is 58.6 Å². The van der Waals surface area contributed by atoms with Crippen LogP contribution in [0.3, 0.4) is 0 Å². The van der Waals surface area contributed by atoms with Crippen molar-refractivity contribution in [3.05, 3.63) is 64.4 Å². The van der Waals surface area contributed by atoms with Gasteiger partial charge in [-0.2, -0.15) is 0 Å². The Morgan fingerprint density at radius 2 is 2.08 bits per heavy atom. The van der Waals surface area contributed by atoms with Crippen molar-refractivity contribution < 1.29 is 14.3 Å². The maximum Gasteiger partial charge on any atom is 0.265 e. The van der Waals surface area contributed by atoms with Crippen molar-refractivity contribution in [3.63, 3.8) is 0 Å². The number of carbonyl (C=O) groups is 2. The van der Waals surface area contributed by atoms with Crippen molar-refractivity contribution in [2.45, 2.75) is 12.6 Å². The van der Waals surface area contributed by atoms with Crippen LogP contribution in [0.5, 0.6) is 5.75 Å². The summed E-state index contributed by atoms with van der Waals surface area (Å²) in [5, 5.41) is 4.74. The van der Waals surface area contributed by atoms with Crippen LogP contribution in [0.4, 0.5) is 0 Å². The summed E-state index contributed by atoms with van der Waals surface area (Å²) in [5.74, 6) is 0.487. The Morgan fingerprint density at radius 1 is 1.29 bits per heavy atom. The van der Waals surface area contributed by atoms with Crippen LogP contribution >= 0.6 is 11.3 Å². The van der Waals surface area contributed by atoms with Crippen LogP contribution in [0.1, 0.15) is 15.2 Å². The van der Waals surface area contributed by atoms with Crippen molar-refractivity contribution in [1.82, 2.24) is 10.2 Å². The summed E-state index contributed by atoms with van der Waals surface area (Å²) < 4.78 is 5.11. The second kappa shape index (κ2) is 7.31. The van der Waals surface area contributed by atoms with Crippen molar-refractivity contribution in [1.29, 1.82) is 0 Å². The third-order valence-electron chi connectivity index (χ3n) is 3.84. The summed E-state index contributed by atoms with van der Waals surface area (Å²) in [4.78, 5) is 27.1. The van der Waals surface area contributed by atoms with Crippen LogP contribution < -0.4 is 10.1 Å². The molecule has 2 heterocycles. The maximum absolute atomic E-state index is 12.5. The van der Waals surface area contributed by atoms with Gasteiger partial charge in [-0.1, -0.05) is 30.4 Å². The minimum Gasteiger partial charge on any atom is -0.497 e. The van der Waals surface area contributed by atoms with E-state index in [1.54, 1.807) is 24.2 Å². The van der Waals surface area contributed by atoms with Crippen molar-refractivity contribution in [3.8, 4) is 5.75 Å². The zero-order valence-electron chi connectivity index (χ0n) is 13.3. The molecule has 2 aromatic rings. The quantitative estimate of drug-likeness (QED) is 0.849. The number of methoxy groups -OCH3 is 1. The molecule has 6 heteroatoms. The molecule has 0 saturated carbocycles. The molecule has 0 saturated heterocycles. The Labute approximate surface area is 144 Å². The highest BCUT2D eigenvalue weighted by Crippen LogP contribution is 2.18. The van der Waals surface area contributed by atoms with E-state index in [-0.39, 0.29) is 11.8 Å².